The van der Waals surface area contributed by atoms with Crippen LogP contribution in [0.25, 0.3) is 5.57 Å². The summed E-state index contributed by atoms with van der Waals surface area (Å²) in [5.74, 6) is 0.225. The normalized spacial score (nSPS) is 15.9. The fourth-order valence-electron chi connectivity index (χ4n) is 4.20. The number of hydrogen-bond donors (Lipinski definition) is 1. The predicted molar refractivity (Wildman–Crippen MR) is 126 cm³/mol. The van der Waals surface area contributed by atoms with Crippen LogP contribution in [0.3, 0.4) is 0 Å². The maximum absolute atomic E-state index is 11.4. The molecule has 3 aromatic rings. The van der Waals surface area contributed by atoms with Gasteiger partial charge in [-0.3, -0.25) is 15.0 Å². The molecule has 172 valence electrons. The van der Waals surface area contributed by atoms with Crippen molar-refractivity contribution in [2.75, 3.05) is 7.05 Å². The van der Waals surface area contributed by atoms with Crippen molar-refractivity contribution in [1.82, 2.24) is 20.4 Å². The lowest BCUT2D eigenvalue weighted by atomic mass is 9.81. The molecule has 0 aliphatic carbocycles. The quantitative estimate of drug-likeness (QED) is 0.407. The van der Waals surface area contributed by atoms with E-state index in [0.717, 1.165) is 12.2 Å². The van der Waals surface area contributed by atoms with E-state index in [9.17, 15) is 15.4 Å². The van der Waals surface area contributed by atoms with Gasteiger partial charge in [-0.05, 0) is 32.0 Å². The highest BCUT2D eigenvalue weighted by Gasteiger charge is 2.34. The molecule has 34 heavy (non-hydrogen) atoms. The molecular formula is C25H24N6O3. The molecule has 0 amide bonds. The third kappa shape index (κ3) is 4.72. The first-order chi connectivity index (χ1) is 16.4. The molecule has 2 aromatic carbocycles. The molecule has 9 heteroatoms. The van der Waals surface area contributed by atoms with Gasteiger partial charge in [0.2, 0.25) is 0 Å². The zero-order chi connectivity index (χ0) is 24.2. The minimum absolute atomic E-state index is 0.0447. The van der Waals surface area contributed by atoms with Crippen LogP contribution in [0, 0.1) is 21.4 Å². The summed E-state index contributed by atoms with van der Waals surface area (Å²) < 4.78 is 5.63. The highest BCUT2D eigenvalue weighted by atomic mass is 16.6. The molecule has 0 radical (unpaired) electrons. The van der Waals surface area contributed by atoms with Crippen molar-refractivity contribution in [2.24, 2.45) is 0 Å². The van der Waals surface area contributed by atoms with Crippen LogP contribution in [0.4, 0.5) is 5.69 Å². The van der Waals surface area contributed by atoms with E-state index in [1.807, 2.05) is 32.2 Å². The zero-order valence-corrected chi connectivity index (χ0v) is 19.1. The first kappa shape index (κ1) is 22.9. The van der Waals surface area contributed by atoms with E-state index in [2.05, 4.69) is 38.6 Å². The number of rotatable bonds is 7. The van der Waals surface area contributed by atoms with Crippen LogP contribution in [-0.2, 0) is 13.1 Å². The summed E-state index contributed by atoms with van der Waals surface area (Å²) in [5.41, 5.74) is 4.25. The number of nitro groups is 1. The summed E-state index contributed by atoms with van der Waals surface area (Å²) >= 11 is 0. The molecule has 1 aliphatic rings. The van der Waals surface area contributed by atoms with Gasteiger partial charge in [-0.1, -0.05) is 47.6 Å². The van der Waals surface area contributed by atoms with Crippen LogP contribution in [-0.4, -0.2) is 27.0 Å². The van der Waals surface area contributed by atoms with Crippen molar-refractivity contribution < 1.29 is 9.45 Å². The van der Waals surface area contributed by atoms with Crippen molar-refractivity contribution in [3.05, 3.63) is 105 Å². The number of nitro benzene ring substituents is 1. The molecule has 1 aromatic heterocycles. The van der Waals surface area contributed by atoms with E-state index in [1.54, 1.807) is 19.1 Å². The van der Waals surface area contributed by atoms with Crippen molar-refractivity contribution in [1.29, 1.82) is 5.26 Å². The Morgan fingerprint density at radius 1 is 1.15 bits per heavy atom. The molecule has 0 fully saturated rings. The van der Waals surface area contributed by atoms with Gasteiger partial charge in [-0.15, -0.1) is 0 Å². The lowest BCUT2D eigenvalue weighted by molar-refractivity contribution is -0.384. The maximum atomic E-state index is 11.4. The van der Waals surface area contributed by atoms with Gasteiger partial charge in [0.25, 0.3) is 11.6 Å². The second-order valence-electron chi connectivity index (χ2n) is 8.27. The number of nitriles is 1. The summed E-state index contributed by atoms with van der Waals surface area (Å²) in [7, 11) is 1.97. The number of benzene rings is 2. The minimum atomic E-state index is -0.568. The molecule has 0 saturated heterocycles. The molecule has 1 N–H and O–H groups in total. The number of aromatic nitrogens is 2. The van der Waals surface area contributed by atoms with Gasteiger partial charge >= 0.3 is 0 Å². The Hall–Kier alpha value is -4.29. The van der Waals surface area contributed by atoms with Gasteiger partial charge < -0.3 is 9.84 Å². The zero-order valence-electron chi connectivity index (χ0n) is 19.1. The van der Waals surface area contributed by atoms with E-state index < -0.39 is 10.8 Å². The Kier molecular flexibility index (Phi) is 6.52. The molecule has 0 bridgehead atoms. The van der Waals surface area contributed by atoms with E-state index in [0.29, 0.717) is 34.8 Å². The molecule has 1 atom stereocenters. The van der Waals surface area contributed by atoms with Crippen LogP contribution in [0.5, 0.6) is 0 Å². The second-order valence-corrected chi connectivity index (χ2v) is 8.27. The first-order valence-corrected chi connectivity index (χ1v) is 10.8. The second kappa shape index (κ2) is 9.68. The van der Waals surface area contributed by atoms with Crippen molar-refractivity contribution in [3.8, 4) is 6.07 Å². The van der Waals surface area contributed by atoms with Gasteiger partial charge in [0, 0.05) is 35.6 Å². The minimum Gasteiger partial charge on any atom is -0.361 e. The first-order valence-electron chi connectivity index (χ1n) is 10.8. The van der Waals surface area contributed by atoms with E-state index in [4.69, 9.17) is 4.52 Å². The Labute approximate surface area is 197 Å². The standard InChI is InChI=1S/C25H24N6O3/c1-16-21(13-26)24(19-10-7-11-20(12-19)31(32)33)23(17(2)27-16)25-28-22(29-34-25)15-30(3)14-18-8-5-4-6-9-18/h4-12,24,27H,14-15H2,1-3H3. The summed E-state index contributed by atoms with van der Waals surface area (Å²) in [4.78, 5) is 17.6. The van der Waals surface area contributed by atoms with Crippen LogP contribution in [0.2, 0.25) is 0 Å². The van der Waals surface area contributed by atoms with Crippen molar-refractivity contribution >= 4 is 11.3 Å². The number of allylic oxidation sites excluding steroid dienone is 4. The largest absolute Gasteiger partial charge is 0.361 e. The fourth-order valence-corrected chi connectivity index (χ4v) is 4.20. The molecule has 0 spiro atoms. The highest BCUT2D eigenvalue weighted by molar-refractivity contribution is 5.76. The summed E-state index contributed by atoms with van der Waals surface area (Å²) in [5, 5.41) is 28.6. The highest BCUT2D eigenvalue weighted by Crippen LogP contribution is 2.43. The Morgan fingerprint density at radius 2 is 1.91 bits per heavy atom. The molecular weight excluding hydrogens is 432 g/mol. The summed E-state index contributed by atoms with van der Waals surface area (Å²) in [6, 6.07) is 18.6. The van der Waals surface area contributed by atoms with E-state index in [1.165, 1.54) is 17.7 Å². The Bertz CT molecular complexity index is 1320. The van der Waals surface area contributed by atoms with Crippen LogP contribution >= 0.6 is 0 Å². The average Bonchev–Trinajstić information content (AvgIpc) is 3.27. The van der Waals surface area contributed by atoms with Crippen molar-refractivity contribution in [2.45, 2.75) is 32.9 Å². The van der Waals surface area contributed by atoms with E-state index in [-0.39, 0.29) is 11.6 Å². The topological polar surface area (TPSA) is 121 Å². The number of nitrogens with one attached hydrogen (secondary N) is 1. The van der Waals surface area contributed by atoms with Crippen LogP contribution in [0.15, 0.2) is 76.1 Å². The van der Waals surface area contributed by atoms with Gasteiger partial charge in [-0.25, -0.2) is 0 Å². The third-order valence-corrected chi connectivity index (χ3v) is 5.70. The predicted octanol–water partition coefficient (Wildman–Crippen LogP) is 4.53. The Morgan fingerprint density at radius 3 is 2.62 bits per heavy atom. The monoisotopic (exact) mass is 456 g/mol. The van der Waals surface area contributed by atoms with Gasteiger partial charge in [0.15, 0.2) is 5.82 Å². The van der Waals surface area contributed by atoms with Crippen LogP contribution in [0.1, 0.15) is 42.6 Å². The smallest absolute Gasteiger partial charge is 0.269 e. The number of non-ortho nitro benzene ring substituents is 1. The molecule has 2 heterocycles. The number of hydrogen-bond acceptors (Lipinski definition) is 8. The number of dihydropyridines is 1. The maximum Gasteiger partial charge on any atom is 0.269 e. The van der Waals surface area contributed by atoms with Gasteiger partial charge in [0.1, 0.15) is 0 Å². The van der Waals surface area contributed by atoms with Crippen LogP contribution < -0.4 is 5.32 Å². The Balaban J connectivity index is 1.66. The molecule has 9 nitrogen and oxygen atoms in total. The third-order valence-electron chi connectivity index (χ3n) is 5.70. The van der Waals surface area contributed by atoms with E-state index >= 15 is 0 Å². The fraction of sp³-hybridized carbons (Fsp3) is 0.240. The molecule has 0 saturated carbocycles. The summed E-state index contributed by atoms with van der Waals surface area (Å²) in [6.07, 6.45) is 0. The average molecular weight is 457 g/mol. The lowest BCUT2D eigenvalue weighted by Crippen LogP contribution is -2.23. The summed E-state index contributed by atoms with van der Waals surface area (Å²) in [6.45, 7) is 4.87. The number of nitrogens with zero attached hydrogens (tertiary/aromatic N) is 5. The molecule has 1 unspecified atom stereocenters. The molecule has 4 rings (SSSR count). The molecule has 1 aliphatic heterocycles. The van der Waals surface area contributed by atoms with Gasteiger partial charge in [-0.2, -0.15) is 10.2 Å². The van der Waals surface area contributed by atoms with Crippen molar-refractivity contribution in [3.63, 3.8) is 0 Å². The van der Waals surface area contributed by atoms with Gasteiger partial charge in [0.05, 0.1) is 29.0 Å². The lowest BCUT2D eigenvalue weighted by Gasteiger charge is -2.27. The SMILES string of the molecule is CC1=C(C#N)C(c2cccc([N+](=O)[O-])c2)C(c2nc(CN(C)Cc3ccccc3)no2)=C(C)N1.